The number of benzene rings is 1. The fourth-order valence-corrected chi connectivity index (χ4v) is 3.46. The lowest BCUT2D eigenvalue weighted by Crippen LogP contribution is -2.13. The van der Waals surface area contributed by atoms with E-state index in [4.69, 9.17) is 11.6 Å². The van der Waals surface area contributed by atoms with Crippen LogP contribution in [-0.2, 0) is 0 Å². The first kappa shape index (κ1) is 11.6. The maximum atomic E-state index is 6.09. The molecule has 0 amide bonds. The van der Waals surface area contributed by atoms with Gasteiger partial charge in [0.2, 0.25) is 0 Å². The number of hydrogen-bond donors (Lipinski definition) is 1. The summed E-state index contributed by atoms with van der Waals surface area (Å²) in [7, 11) is 0. The van der Waals surface area contributed by atoms with Crippen LogP contribution in [0.25, 0.3) is 0 Å². The molecule has 0 bridgehead atoms. The van der Waals surface area contributed by atoms with E-state index in [9.17, 15) is 0 Å². The molecule has 0 aliphatic carbocycles. The SMILES string of the molecule is Clc1ccc(Br)cc1NCC1CCSC1. The highest BCUT2D eigenvalue weighted by molar-refractivity contribution is 9.10. The standard InChI is InChI=1S/C11H13BrClNS/c12-9-1-2-10(13)11(5-9)14-6-8-3-4-15-7-8/h1-2,5,8,14H,3-4,6-7H2. The van der Waals surface area contributed by atoms with Gasteiger partial charge in [-0.15, -0.1) is 0 Å². The van der Waals surface area contributed by atoms with Crippen molar-refractivity contribution in [3.8, 4) is 0 Å². The molecule has 1 aliphatic heterocycles. The molecule has 2 rings (SSSR count). The zero-order valence-corrected chi connectivity index (χ0v) is 11.5. The zero-order chi connectivity index (χ0) is 10.7. The van der Waals surface area contributed by atoms with Gasteiger partial charge in [-0.3, -0.25) is 0 Å². The molecule has 0 spiro atoms. The van der Waals surface area contributed by atoms with E-state index in [1.807, 2.05) is 30.0 Å². The van der Waals surface area contributed by atoms with Crippen LogP contribution in [0.4, 0.5) is 5.69 Å². The van der Waals surface area contributed by atoms with Gasteiger partial charge in [0, 0.05) is 11.0 Å². The maximum absolute atomic E-state index is 6.09. The van der Waals surface area contributed by atoms with Crippen LogP contribution in [0.2, 0.25) is 5.02 Å². The Balaban J connectivity index is 1.94. The molecule has 15 heavy (non-hydrogen) atoms. The molecule has 1 heterocycles. The van der Waals surface area contributed by atoms with Crippen LogP contribution in [0, 0.1) is 5.92 Å². The van der Waals surface area contributed by atoms with Crippen molar-refractivity contribution < 1.29 is 0 Å². The molecule has 1 atom stereocenters. The van der Waals surface area contributed by atoms with Crippen molar-refractivity contribution in [1.29, 1.82) is 0 Å². The van der Waals surface area contributed by atoms with Crippen molar-refractivity contribution in [2.75, 3.05) is 23.4 Å². The van der Waals surface area contributed by atoms with Crippen molar-refractivity contribution in [1.82, 2.24) is 0 Å². The number of hydrogen-bond acceptors (Lipinski definition) is 2. The minimum absolute atomic E-state index is 0.795. The molecule has 1 fully saturated rings. The van der Waals surface area contributed by atoms with Crippen molar-refractivity contribution in [3.63, 3.8) is 0 Å². The molecule has 0 saturated carbocycles. The first-order chi connectivity index (χ1) is 7.25. The number of rotatable bonds is 3. The zero-order valence-electron chi connectivity index (χ0n) is 8.30. The Hall–Kier alpha value is 0.140. The second kappa shape index (κ2) is 5.46. The van der Waals surface area contributed by atoms with Crippen molar-refractivity contribution in [3.05, 3.63) is 27.7 Å². The van der Waals surface area contributed by atoms with Gasteiger partial charge in [-0.25, -0.2) is 0 Å². The Morgan fingerprint density at radius 3 is 3.13 bits per heavy atom. The van der Waals surface area contributed by atoms with Crippen LogP contribution in [-0.4, -0.2) is 18.1 Å². The predicted molar refractivity (Wildman–Crippen MR) is 73.1 cm³/mol. The quantitative estimate of drug-likeness (QED) is 0.895. The first-order valence-electron chi connectivity index (χ1n) is 5.02. The van der Waals surface area contributed by atoms with Crippen LogP contribution >= 0.6 is 39.3 Å². The molecule has 1 unspecified atom stereocenters. The number of thioether (sulfide) groups is 1. The number of anilines is 1. The molecular weight excluding hydrogens is 294 g/mol. The van der Waals surface area contributed by atoms with Gasteiger partial charge in [0.25, 0.3) is 0 Å². The summed E-state index contributed by atoms with van der Waals surface area (Å²) in [5, 5.41) is 4.22. The van der Waals surface area contributed by atoms with E-state index in [0.29, 0.717) is 0 Å². The Kier molecular flexibility index (Phi) is 4.23. The molecule has 1 N–H and O–H groups in total. The van der Waals surface area contributed by atoms with Gasteiger partial charge >= 0.3 is 0 Å². The van der Waals surface area contributed by atoms with Crippen LogP contribution in [0.5, 0.6) is 0 Å². The van der Waals surface area contributed by atoms with Crippen LogP contribution < -0.4 is 5.32 Å². The molecule has 1 aromatic rings. The number of halogens is 2. The molecule has 1 nitrogen and oxygen atoms in total. The van der Waals surface area contributed by atoms with E-state index in [2.05, 4.69) is 21.2 Å². The smallest absolute Gasteiger partial charge is 0.0638 e. The van der Waals surface area contributed by atoms with Gasteiger partial charge in [0.1, 0.15) is 0 Å². The maximum Gasteiger partial charge on any atom is 0.0638 e. The normalized spacial score (nSPS) is 20.5. The minimum Gasteiger partial charge on any atom is -0.384 e. The number of nitrogens with one attached hydrogen (secondary N) is 1. The summed E-state index contributed by atoms with van der Waals surface area (Å²) in [5.74, 6) is 3.38. The molecule has 82 valence electrons. The molecule has 0 radical (unpaired) electrons. The first-order valence-corrected chi connectivity index (χ1v) is 7.35. The summed E-state index contributed by atoms with van der Waals surface area (Å²) < 4.78 is 1.06. The lowest BCUT2D eigenvalue weighted by atomic mass is 10.1. The third kappa shape index (κ3) is 3.30. The van der Waals surface area contributed by atoms with Crippen molar-refractivity contribution in [2.45, 2.75) is 6.42 Å². The molecule has 1 aromatic carbocycles. The summed E-state index contributed by atoms with van der Waals surface area (Å²) in [6, 6.07) is 5.90. The van der Waals surface area contributed by atoms with Crippen molar-refractivity contribution in [2.24, 2.45) is 5.92 Å². The van der Waals surface area contributed by atoms with E-state index < -0.39 is 0 Å². The average molecular weight is 307 g/mol. The summed E-state index contributed by atoms with van der Waals surface area (Å²) in [5.41, 5.74) is 1.03. The molecule has 1 saturated heterocycles. The Bertz CT molecular complexity index is 339. The Labute approximate surface area is 108 Å². The lowest BCUT2D eigenvalue weighted by Gasteiger charge is -2.12. The van der Waals surface area contributed by atoms with Gasteiger partial charge in [-0.1, -0.05) is 27.5 Å². The third-order valence-electron chi connectivity index (χ3n) is 2.53. The molecule has 4 heteroatoms. The molecule has 0 aromatic heterocycles. The Morgan fingerprint density at radius 2 is 2.40 bits per heavy atom. The highest BCUT2D eigenvalue weighted by Gasteiger charge is 2.15. The molecular formula is C11H13BrClNS. The second-order valence-corrected chi connectivity index (χ2v) is 6.21. The third-order valence-corrected chi connectivity index (χ3v) is 4.59. The summed E-state index contributed by atoms with van der Waals surface area (Å²) >= 11 is 11.6. The minimum atomic E-state index is 0.795. The van der Waals surface area contributed by atoms with E-state index in [1.165, 1.54) is 17.9 Å². The fraction of sp³-hybridized carbons (Fsp3) is 0.455. The topological polar surface area (TPSA) is 12.0 Å². The van der Waals surface area contributed by atoms with Gasteiger partial charge in [-0.2, -0.15) is 11.8 Å². The van der Waals surface area contributed by atoms with Crippen LogP contribution in [0.3, 0.4) is 0 Å². The Morgan fingerprint density at radius 1 is 1.53 bits per heavy atom. The van der Waals surface area contributed by atoms with Crippen LogP contribution in [0.15, 0.2) is 22.7 Å². The largest absolute Gasteiger partial charge is 0.384 e. The summed E-state index contributed by atoms with van der Waals surface area (Å²) in [6.45, 7) is 1.03. The van der Waals surface area contributed by atoms with Gasteiger partial charge in [0.05, 0.1) is 10.7 Å². The van der Waals surface area contributed by atoms with E-state index in [0.717, 1.165) is 27.6 Å². The predicted octanol–water partition coefficient (Wildman–Crippen LogP) is 4.27. The lowest BCUT2D eigenvalue weighted by molar-refractivity contribution is 0.632. The summed E-state index contributed by atoms with van der Waals surface area (Å²) in [6.07, 6.45) is 1.32. The molecule has 1 aliphatic rings. The highest BCUT2D eigenvalue weighted by atomic mass is 79.9. The van der Waals surface area contributed by atoms with Crippen LogP contribution in [0.1, 0.15) is 6.42 Å². The van der Waals surface area contributed by atoms with Gasteiger partial charge < -0.3 is 5.32 Å². The fourth-order valence-electron chi connectivity index (χ4n) is 1.63. The van der Waals surface area contributed by atoms with Gasteiger partial charge in [0.15, 0.2) is 0 Å². The van der Waals surface area contributed by atoms with Gasteiger partial charge in [-0.05, 0) is 42.0 Å². The van der Waals surface area contributed by atoms with E-state index in [1.54, 1.807) is 0 Å². The van der Waals surface area contributed by atoms with E-state index in [-0.39, 0.29) is 0 Å². The monoisotopic (exact) mass is 305 g/mol. The second-order valence-electron chi connectivity index (χ2n) is 3.73. The highest BCUT2D eigenvalue weighted by Crippen LogP contribution is 2.28. The van der Waals surface area contributed by atoms with E-state index >= 15 is 0 Å². The summed E-state index contributed by atoms with van der Waals surface area (Å²) in [4.78, 5) is 0. The van der Waals surface area contributed by atoms with Crippen molar-refractivity contribution >= 4 is 45.0 Å². The average Bonchev–Trinajstić information content (AvgIpc) is 2.72.